The molecule has 17 heavy (non-hydrogen) atoms. The molecule has 0 aliphatic heterocycles. The molecule has 0 aliphatic rings. The number of hydrogen-bond acceptors (Lipinski definition) is 3. The lowest BCUT2D eigenvalue weighted by Crippen LogP contribution is -2.27. The molecular formula is C12H16N2O3. The molecule has 0 saturated heterocycles. The highest BCUT2D eigenvalue weighted by atomic mass is 16.5. The molecule has 0 saturated carbocycles. The first-order valence-electron chi connectivity index (χ1n) is 5.43. The Morgan fingerprint density at radius 2 is 2.06 bits per heavy atom. The van der Waals surface area contributed by atoms with Gasteiger partial charge in [0.1, 0.15) is 12.4 Å². The molecule has 2 amide bonds. The zero-order valence-corrected chi connectivity index (χ0v) is 9.73. The maximum atomic E-state index is 11.1. The van der Waals surface area contributed by atoms with E-state index in [1.807, 2.05) is 0 Å². The summed E-state index contributed by atoms with van der Waals surface area (Å²) < 4.78 is 5.38. The van der Waals surface area contributed by atoms with Crippen LogP contribution in [0.2, 0.25) is 0 Å². The Labute approximate surface area is 99.9 Å². The van der Waals surface area contributed by atoms with Gasteiger partial charge in [-0.15, -0.1) is 0 Å². The van der Waals surface area contributed by atoms with Crippen molar-refractivity contribution in [2.45, 2.75) is 13.3 Å². The van der Waals surface area contributed by atoms with Gasteiger partial charge in [-0.25, -0.2) is 0 Å². The molecule has 0 aromatic heterocycles. The molecule has 0 atom stereocenters. The van der Waals surface area contributed by atoms with Crippen molar-refractivity contribution in [3.63, 3.8) is 0 Å². The fourth-order valence-electron chi connectivity index (χ4n) is 1.27. The van der Waals surface area contributed by atoms with Crippen LogP contribution in [-0.4, -0.2) is 25.0 Å². The van der Waals surface area contributed by atoms with Crippen molar-refractivity contribution in [3.8, 4) is 5.75 Å². The van der Waals surface area contributed by atoms with Crippen LogP contribution in [0.25, 0.3) is 0 Å². The van der Waals surface area contributed by atoms with Crippen molar-refractivity contribution in [2.75, 3.05) is 13.2 Å². The fourth-order valence-corrected chi connectivity index (χ4v) is 1.27. The lowest BCUT2D eigenvalue weighted by molar-refractivity contribution is -0.120. The first-order valence-corrected chi connectivity index (χ1v) is 5.43. The highest BCUT2D eigenvalue weighted by molar-refractivity contribution is 5.95. The second kappa shape index (κ2) is 6.52. The van der Waals surface area contributed by atoms with Crippen LogP contribution in [0, 0.1) is 0 Å². The third-order valence-corrected chi connectivity index (χ3v) is 2.16. The number of para-hydroxylation sites is 1. The molecule has 3 N–H and O–H groups in total. The topological polar surface area (TPSA) is 81.4 Å². The van der Waals surface area contributed by atoms with Crippen molar-refractivity contribution in [3.05, 3.63) is 29.8 Å². The minimum Gasteiger partial charge on any atom is -0.491 e. The maximum Gasteiger partial charge on any atom is 0.252 e. The Hall–Kier alpha value is -2.04. The number of hydrogen-bond donors (Lipinski definition) is 2. The molecule has 5 heteroatoms. The summed E-state index contributed by atoms with van der Waals surface area (Å²) in [6, 6.07) is 6.74. The third kappa shape index (κ3) is 4.14. The zero-order chi connectivity index (χ0) is 12.7. The summed E-state index contributed by atoms with van der Waals surface area (Å²) in [5.41, 5.74) is 5.54. The number of carbonyl (C=O) groups is 2. The first kappa shape index (κ1) is 13.0. The van der Waals surface area contributed by atoms with Crippen LogP contribution < -0.4 is 15.8 Å². The molecule has 0 aliphatic carbocycles. The maximum absolute atomic E-state index is 11.1. The van der Waals surface area contributed by atoms with Gasteiger partial charge in [0.2, 0.25) is 5.91 Å². The van der Waals surface area contributed by atoms with E-state index in [4.69, 9.17) is 10.5 Å². The molecule has 0 spiro atoms. The molecule has 5 nitrogen and oxygen atoms in total. The molecule has 1 aromatic carbocycles. The van der Waals surface area contributed by atoms with Crippen molar-refractivity contribution in [1.82, 2.24) is 5.32 Å². The average molecular weight is 236 g/mol. The SMILES string of the molecule is CCC(=O)NCCOc1ccccc1C(N)=O. The predicted octanol–water partition coefficient (Wildman–Crippen LogP) is 0.691. The van der Waals surface area contributed by atoms with Gasteiger partial charge >= 0.3 is 0 Å². The van der Waals surface area contributed by atoms with Crippen LogP contribution in [0.15, 0.2) is 24.3 Å². The molecular weight excluding hydrogens is 220 g/mol. The van der Waals surface area contributed by atoms with Gasteiger partial charge in [-0.05, 0) is 12.1 Å². The summed E-state index contributed by atoms with van der Waals surface area (Å²) in [5.74, 6) is -0.124. The molecule has 0 heterocycles. The minimum absolute atomic E-state index is 0.0308. The molecule has 1 aromatic rings. The second-order valence-corrected chi connectivity index (χ2v) is 3.41. The van der Waals surface area contributed by atoms with E-state index in [0.29, 0.717) is 30.9 Å². The van der Waals surface area contributed by atoms with Crippen molar-refractivity contribution in [1.29, 1.82) is 0 Å². The number of rotatable bonds is 6. The number of benzene rings is 1. The van der Waals surface area contributed by atoms with Gasteiger partial charge in [-0.1, -0.05) is 19.1 Å². The number of nitrogens with two attached hydrogens (primary N) is 1. The largest absolute Gasteiger partial charge is 0.491 e. The third-order valence-electron chi connectivity index (χ3n) is 2.16. The summed E-state index contributed by atoms with van der Waals surface area (Å²) in [6.07, 6.45) is 0.442. The quantitative estimate of drug-likeness (QED) is 0.713. The fraction of sp³-hybridized carbons (Fsp3) is 0.333. The molecule has 92 valence electrons. The van der Waals surface area contributed by atoms with Crippen molar-refractivity contribution >= 4 is 11.8 Å². The van der Waals surface area contributed by atoms with E-state index in [0.717, 1.165) is 0 Å². The van der Waals surface area contributed by atoms with E-state index in [1.165, 1.54) is 0 Å². The Kier molecular flexibility index (Phi) is 5.00. The van der Waals surface area contributed by atoms with Gasteiger partial charge < -0.3 is 15.8 Å². The van der Waals surface area contributed by atoms with E-state index < -0.39 is 5.91 Å². The van der Waals surface area contributed by atoms with Crippen molar-refractivity contribution in [2.24, 2.45) is 5.73 Å². The van der Waals surface area contributed by atoms with Gasteiger partial charge in [-0.2, -0.15) is 0 Å². The molecule has 0 unspecified atom stereocenters. The molecule has 1 rings (SSSR count). The summed E-state index contributed by atoms with van der Waals surface area (Å²) in [7, 11) is 0. The van der Waals surface area contributed by atoms with Crippen LogP contribution in [0.1, 0.15) is 23.7 Å². The van der Waals surface area contributed by atoms with E-state index in [2.05, 4.69) is 5.32 Å². The van der Waals surface area contributed by atoms with Gasteiger partial charge in [0, 0.05) is 6.42 Å². The lowest BCUT2D eigenvalue weighted by Gasteiger charge is -2.09. The number of amides is 2. The molecule has 0 radical (unpaired) electrons. The number of primary amides is 1. The lowest BCUT2D eigenvalue weighted by atomic mass is 10.2. The van der Waals surface area contributed by atoms with Crippen LogP contribution in [0.4, 0.5) is 0 Å². The standard InChI is InChI=1S/C12H16N2O3/c1-2-11(15)14-7-8-17-10-6-4-3-5-9(10)12(13)16/h3-6H,2,7-8H2,1H3,(H2,13,16)(H,14,15). The molecule has 0 bridgehead atoms. The number of ether oxygens (including phenoxy) is 1. The van der Waals surface area contributed by atoms with Crippen LogP contribution in [0.3, 0.4) is 0 Å². The Morgan fingerprint density at radius 3 is 2.71 bits per heavy atom. The van der Waals surface area contributed by atoms with Gasteiger partial charge in [0.25, 0.3) is 5.91 Å². The number of nitrogens with one attached hydrogen (secondary N) is 1. The Morgan fingerprint density at radius 1 is 1.35 bits per heavy atom. The van der Waals surface area contributed by atoms with E-state index in [1.54, 1.807) is 31.2 Å². The van der Waals surface area contributed by atoms with Crippen LogP contribution in [-0.2, 0) is 4.79 Å². The monoisotopic (exact) mass is 236 g/mol. The van der Waals surface area contributed by atoms with Crippen molar-refractivity contribution < 1.29 is 14.3 Å². The summed E-state index contributed by atoms with van der Waals surface area (Å²) in [5, 5.41) is 2.67. The van der Waals surface area contributed by atoms with E-state index in [-0.39, 0.29) is 5.91 Å². The normalized spacial score (nSPS) is 9.71. The molecule has 0 fully saturated rings. The summed E-state index contributed by atoms with van der Waals surface area (Å²) >= 11 is 0. The van der Waals surface area contributed by atoms with E-state index in [9.17, 15) is 9.59 Å². The highest BCUT2D eigenvalue weighted by Gasteiger charge is 2.07. The summed E-state index contributed by atoms with van der Waals surface area (Å²) in [4.78, 5) is 22.0. The zero-order valence-electron chi connectivity index (χ0n) is 9.73. The van der Waals surface area contributed by atoms with Crippen LogP contribution >= 0.6 is 0 Å². The van der Waals surface area contributed by atoms with E-state index >= 15 is 0 Å². The van der Waals surface area contributed by atoms with Gasteiger partial charge in [0.15, 0.2) is 0 Å². The predicted molar refractivity (Wildman–Crippen MR) is 63.8 cm³/mol. The first-order chi connectivity index (χ1) is 8.15. The Bertz CT molecular complexity index is 404. The summed E-state index contributed by atoms with van der Waals surface area (Å²) in [6.45, 7) is 2.48. The minimum atomic E-state index is -0.529. The number of carbonyl (C=O) groups excluding carboxylic acids is 2. The van der Waals surface area contributed by atoms with Crippen LogP contribution in [0.5, 0.6) is 5.75 Å². The average Bonchev–Trinajstić information content (AvgIpc) is 2.34. The second-order valence-electron chi connectivity index (χ2n) is 3.41. The van der Waals surface area contributed by atoms with Gasteiger partial charge in [-0.3, -0.25) is 9.59 Å². The highest BCUT2D eigenvalue weighted by Crippen LogP contribution is 2.16. The smallest absolute Gasteiger partial charge is 0.252 e. The van der Waals surface area contributed by atoms with Gasteiger partial charge in [0.05, 0.1) is 12.1 Å². The Balaban J connectivity index is 2.46.